The molecule has 22 heavy (non-hydrogen) atoms. The van der Waals surface area contributed by atoms with Crippen LogP contribution in [0.2, 0.25) is 0 Å². The third kappa shape index (κ3) is 3.57. The van der Waals surface area contributed by atoms with Gasteiger partial charge in [-0.15, -0.1) is 5.10 Å². The summed E-state index contributed by atoms with van der Waals surface area (Å²) in [6, 6.07) is 9.35. The van der Waals surface area contributed by atoms with Gasteiger partial charge < -0.3 is 10.4 Å². The van der Waals surface area contributed by atoms with Crippen LogP contribution in [-0.4, -0.2) is 30.7 Å². The number of rotatable bonds is 5. The molecule has 3 aromatic rings. The number of benzene rings is 1. The van der Waals surface area contributed by atoms with Gasteiger partial charge in [-0.3, -0.25) is 0 Å². The Kier molecular flexibility index (Phi) is 3.95. The zero-order chi connectivity index (χ0) is 15.4. The fraction of sp³-hybridized carbons (Fsp3) is 0.200. The Labute approximate surface area is 127 Å². The van der Waals surface area contributed by atoms with Gasteiger partial charge in [-0.05, 0) is 53.1 Å². The molecule has 0 unspecified atom stereocenters. The summed E-state index contributed by atoms with van der Waals surface area (Å²) in [7, 11) is 0. The van der Waals surface area contributed by atoms with Crippen LogP contribution in [0.5, 0.6) is 5.75 Å². The second-order valence-electron chi connectivity index (χ2n) is 5.08. The smallest absolute Gasteiger partial charge is 0.148 e. The van der Waals surface area contributed by atoms with Crippen LogP contribution in [-0.2, 0) is 12.8 Å². The van der Waals surface area contributed by atoms with E-state index in [0.717, 1.165) is 29.9 Å². The van der Waals surface area contributed by atoms with Crippen molar-refractivity contribution in [3.05, 3.63) is 53.5 Å². The molecule has 0 bridgehead atoms. The van der Waals surface area contributed by atoms with Gasteiger partial charge >= 0.3 is 0 Å². The number of aromatic amines is 1. The number of aromatic hydroxyl groups is 1. The van der Waals surface area contributed by atoms with Gasteiger partial charge in [-0.1, -0.05) is 6.07 Å². The number of pyridine rings is 1. The van der Waals surface area contributed by atoms with E-state index < -0.39 is 0 Å². The minimum absolute atomic E-state index is 0.184. The van der Waals surface area contributed by atoms with Gasteiger partial charge in [-0.25, -0.2) is 10.1 Å². The van der Waals surface area contributed by atoms with Crippen LogP contribution < -0.4 is 5.32 Å². The van der Waals surface area contributed by atoms with Gasteiger partial charge in [0.1, 0.15) is 17.4 Å². The zero-order valence-electron chi connectivity index (χ0n) is 12.1. The zero-order valence-corrected chi connectivity index (χ0v) is 12.1. The SMILES string of the molecule is Cc1cc(CCc2nnn[nH]2)cc(Nc2cc(O)ccn2)c1. The van der Waals surface area contributed by atoms with Crippen LogP contribution in [0.25, 0.3) is 0 Å². The second-order valence-corrected chi connectivity index (χ2v) is 5.08. The van der Waals surface area contributed by atoms with E-state index in [4.69, 9.17) is 0 Å². The highest BCUT2D eigenvalue weighted by molar-refractivity contribution is 5.59. The standard InChI is InChI=1S/C15H16N6O/c1-10-6-11(2-3-14-18-20-21-19-14)8-12(7-10)17-15-9-13(22)4-5-16-15/h4-9H,2-3H2,1H3,(H2,16,17,22)(H,18,19,20,21). The molecular formula is C15H16N6O. The van der Waals surface area contributed by atoms with Crippen molar-refractivity contribution < 1.29 is 5.11 Å². The van der Waals surface area contributed by atoms with Crippen LogP contribution in [0, 0.1) is 6.92 Å². The van der Waals surface area contributed by atoms with Gasteiger partial charge in [-0.2, -0.15) is 0 Å². The van der Waals surface area contributed by atoms with E-state index in [0.29, 0.717) is 5.82 Å². The number of hydrogen-bond acceptors (Lipinski definition) is 6. The number of nitrogens with one attached hydrogen (secondary N) is 2. The molecule has 2 heterocycles. The molecule has 0 amide bonds. The lowest BCUT2D eigenvalue weighted by atomic mass is 10.1. The molecule has 3 N–H and O–H groups in total. The lowest BCUT2D eigenvalue weighted by molar-refractivity contribution is 0.475. The van der Waals surface area contributed by atoms with Gasteiger partial charge in [0.15, 0.2) is 0 Å². The molecule has 1 aromatic carbocycles. The Morgan fingerprint density at radius 2 is 2.09 bits per heavy atom. The van der Waals surface area contributed by atoms with E-state index in [1.54, 1.807) is 12.3 Å². The maximum absolute atomic E-state index is 9.49. The lowest BCUT2D eigenvalue weighted by Gasteiger charge is -2.09. The van der Waals surface area contributed by atoms with Crippen molar-refractivity contribution in [1.82, 2.24) is 25.6 Å². The van der Waals surface area contributed by atoms with E-state index in [9.17, 15) is 5.11 Å². The van der Waals surface area contributed by atoms with Crippen LogP contribution in [0.4, 0.5) is 11.5 Å². The molecule has 0 radical (unpaired) electrons. The molecule has 7 nitrogen and oxygen atoms in total. The fourth-order valence-electron chi connectivity index (χ4n) is 2.26. The van der Waals surface area contributed by atoms with Crippen molar-refractivity contribution in [3.8, 4) is 5.75 Å². The maximum Gasteiger partial charge on any atom is 0.148 e. The van der Waals surface area contributed by atoms with Crippen molar-refractivity contribution in [2.24, 2.45) is 0 Å². The fourth-order valence-corrected chi connectivity index (χ4v) is 2.26. The summed E-state index contributed by atoms with van der Waals surface area (Å²) in [4.78, 5) is 4.18. The van der Waals surface area contributed by atoms with Crippen LogP contribution >= 0.6 is 0 Å². The molecule has 0 aliphatic rings. The van der Waals surface area contributed by atoms with E-state index in [2.05, 4.69) is 43.1 Å². The third-order valence-corrected chi connectivity index (χ3v) is 3.19. The molecule has 0 aliphatic carbocycles. The number of hydrogen-bond donors (Lipinski definition) is 3. The molecule has 0 saturated heterocycles. The maximum atomic E-state index is 9.49. The summed E-state index contributed by atoms with van der Waals surface area (Å²) in [5, 5.41) is 26.5. The topological polar surface area (TPSA) is 99.6 Å². The molecule has 7 heteroatoms. The minimum atomic E-state index is 0.184. The Morgan fingerprint density at radius 1 is 1.18 bits per heavy atom. The van der Waals surface area contributed by atoms with Crippen molar-refractivity contribution in [2.45, 2.75) is 19.8 Å². The summed E-state index contributed by atoms with van der Waals surface area (Å²) in [5.41, 5.74) is 3.26. The number of anilines is 2. The largest absolute Gasteiger partial charge is 0.508 e. The molecule has 0 saturated carbocycles. The number of aromatic nitrogens is 5. The Balaban J connectivity index is 1.74. The van der Waals surface area contributed by atoms with E-state index in [1.807, 2.05) is 13.0 Å². The molecule has 2 aromatic heterocycles. The number of H-pyrrole nitrogens is 1. The first-order valence-corrected chi connectivity index (χ1v) is 6.94. The average Bonchev–Trinajstić information content (AvgIpc) is 2.98. The minimum Gasteiger partial charge on any atom is -0.508 e. The number of nitrogens with zero attached hydrogens (tertiary/aromatic N) is 4. The second kappa shape index (κ2) is 6.21. The van der Waals surface area contributed by atoms with E-state index >= 15 is 0 Å². The molecular weight excluding hydrogens is 280 g/mol. The summed E-state index contributed by atoms with van der Waals surface area (Å²) < 4.78 is 0. The van der Waals surface area contributed by atoms with Gasteiger partial charge in [0, 0.05) is 24.4 Å². The monoisotopic (exact) mass is 296 g/mol. The Morgan fingerprint density at radius 3 is 2.86 bits per heavy atom. The van der Waals surface area contributed by atoms with Gasteiger partial charge in [0.05, 0.1) is 0 Å². The predicted octanol–water partition coefficient (Wildman–Crippen LogP) is 2.14. The first-order valence-electron chi connectivity index (χ1n) is 6.94. The van der Waals surface area contributed by atoms with Crippen molar-refractivity contribution in [3.63, 3.8) is 0 Å². The van der Waals surface area contributed by atoms with Gasteiger partial charge in [0.25, 0.3) is 0 Å². The average molecular weight is 296 g/mol. The molecule has 0 aliphatic heterocycles. The molecule has 0 fully saturated rings. The van der Waals surface area contributed by atoms with Crippen LogP contribution in [0.15, 0.2) is 36.5 Å². The summed E-state index contributed by atoms with van der Waals surface area (Å²) >= 11 is 0. The first-order chi connectivity index (χ1) is 10.7. The summed E-state index contributed by atoms with van der Waals surface area (Å²) in [6.07, 6.45) is 3.15. The molecule has 3 rings (SSSR count). The Bertz CT molecular complexity index is 756. The predicted molar refractivity (Wildman–Crippen MR) is 81.9 cm³/mol. The third-order valence-electron chi connectivity index (χ3n) is 3.19. The molecule has 0 spiro atoms. The number of aryl methyl sites for hydroxylation is 3. The molecule has 0 atom stereocenters. The number of tetrazole rings is 1. The van der Waals surface area contributed by atoms with Crippen LogP contribution in [0.1, 0.15) is 17.0 Å². The van der Waals surface area contributed by atoms with Gasteiger partial charge in [0.2, 0.25) is 0 Å². The highest BCUT2D eigenvalue weighted by Gasteiger charge is 2.03. The van der Waals surface area contributed by atoms with Crippen molar-refractivity contribution in [1.29, 1.82) is 0 Å². The lowest BCUT2D eigenvalue weighted by Crippen LogP contribution is -1.98. The highest BCUT2D eigenvalue weighted by Crippen LogP contribution is 2.21. The molecule has 112 valence electrons. The first kappa shape index (κ1) is 14.0. The normalized spacial score (nSPS) is 10.6. The summed E-state index contributed by atoms with van der Waals surface area (Å²) in [5.74, 6) is 1.56. The highest BCUT2D eigenvalue weighted by atomic mass is 16.3. The summed E-state index contributed by atoms with van der Waals surface area (Å²) in [6.45, 7) is 2.04. The Hall–Kier alpha value is -2.96. The van der Waals surface area contributed by atoms with Crippen molar-refractivity contribution >= 4 is 11.5 Å². The van der Waals surface area contributed by atoms with E-state index in [-0.39, 0.29) is 5.75 Å². The quantitative estimate of drug-likeness (QED) is 0.667. The van der Waals surface area contributed by atoms with Crippen molar-refractivity contribution in [2.75, 3.05) is 5.32 Å². The van der Waals surface area contributed by atoms with E-state index in [1.165, 1.54) is 11.6 Å². The van der Waals surface area contributed by atoms with Crippen LogP contribution in [0.3, 0.4) is 0 Å².